The molecular weight excluding hydrogens is 304 g/mol. The van der Waals surface area contributed by atoms with E-state index in [9.17, 15) is 4.79 Å². The van der Waals surface area contributed by atoms with Crippen LogP contribution in [0.15, 0.2) is 24.3 Å². The summed E-state index contributed by atoms with van der Waals surface area (Å²) in [5.41, 5.74) is 1.60. The van der Waals surface area contributed by atoms with E-state index in [1.54, 1.807) is 11.7 Å². The molecule has 1 aliphatic carbocycles. The first-order valence-electron chi connectivity index (χ1n) is 8.63. The van der Waals surface area contributed by atoms with E-state index in [0.717, 1.165) is 24.1 Å². The third-order valence-corrected chi connectivity index (χ3v) is 4.44. The average Bonchev–Trinajstić information content (AvgIpc) is 2.96. The molecule has 1 saturated carbocycles. The molecule has 0 unspecified atom stereocenters. The van der Waals surface area contributed by atoms with Gasteiger partial charge in [0.2, 0.25) is 0 Å². The van der Waals surface area contributed by atoms with Crippen LogP contribution in [-0.4, -0.2) is 32.3 Å². The largest absolute Gasteiger partial charge is 0.335 e. The van der Waals surface area contributed by atoms with Crippen molar-refractivity contribution in [1.29, 1.82) is 0 Å². The molecule has 0 spiro atoms. The number of hydrogen-bond donors (Lipinski definition) is 2. The van der Waals surface area contributed by atoms with Gasteiger partial charge in [-0.3, -0.25) is 0 Å². The highest BCUT2D eigenvalue weighted by molar-refractivity contribution is 5.90. The Morgan fingerprint density at radius 3 is 2.62 bits per heavy atom. The Morgan fingerprint density at radius 2 is 1.92 bits per heavy atom. The van der Waals surface area contributed by atoms with Crippen LogP contribution >= 0.6 is 0 Å². The van der Waals surface area contributed by atoms with E-state index in [1.165, 1.54) is 32.1 Å². The number of benzene rings is 1. The fourth-order valence-electron chi connectivity index (χ4n) is 3.16. The molecule has 24 heavy (non-hydrogen) atoms. The molecule has 0 saturated heterocycles. The van der Waals surface area contributed by atoms with Crippen molar-refractivity contribution in [1.82, 2.24) is 25.5 Å². The molecule has 7 nitrogen and oxygen atoms in total. The molecule has 1 aromatic heterocycles. The summed E-state index contributed by atoms with van der Waals surface area (Å²) < 4.78 is 1.60. The fourth-order valence-corrected chi connectivity index (χ4v) is 3.16. The monoisotopic (exact) mass is 328 g/mol. The van der Waals surface area contributed by atoms with Crippen LogP contribution in [0.25, 0.3) is 11.4 Å². The Balaban J connectivity index is 1.61. The number of aromatic nitrogens is 4. The standard InChI is InChI=1S/C17H24N6O/c1-23-16(20-21-22-23)13-8-7-11-15(12-13)19-17(24)18-14-9-5-3-2-4-6-10-14/h7-8,11-12,14H,2-6,9-10H2,1H3,(H2,18,19,24). The van der Waals surface area contributed by atoms with Crippen LogP contribution in [0.4, 0.5) is 10.5 Å². The molecule has 128 valence electrons. The van der Waals surface area contributed by atoms with Gasteiger partial charge >= 0.3 is 6.03 Å². The molecule has 2 N–H and O–H groups in total. The van der Waals surface area contributed by atoms with Gasteiger partial charge in [-0.05, 0) is 35.4 Å². The summed E-state index contributed by atoms with van der Waals surface area (Å²) in [6.45, 7) is 0. The van der Waals surface area contributed by atoms with Crippen molar-refractivity contribution < 1.29 is 4.79 Å². The highest BCUT2D eigenvalue weighted by atomic mass is 16.2. The Hall–Kier alpha value is -2.44. The number of aryl methyl sites for hydroxylation is 1. The molecular formula is C17H24N6O. The fraction of sp³-hybridized carbons (Fsp3) is 0.529. The lowest BCUT2D eigenvalue weighted by molar-refractivity contribution is 0.245. The highest BCUT2D eigenvalue weighted by Gasteiger charge is 2.14. The van der Waals surface area contributed by atoms with Gasteiger partial charge in [0, 0.05) is 24.3 Å². The molecule has 7 heteroatoms. The second-order valence-electron chi connectivity index (χ2n) is 6.35. The summed E-state index contributed by atoms with van der Waals surface area (Å²) in [7, 11) is 1.79. The van der Waals surface area contributed by atoms with Crippen LogP contribution < -0.4 is 10.6 Å². The number of nitrogens with one attached hydrogen (secondary N) is 2. The Kier molecular flexibility index (Phi) is 5.40. The molecule has 1 aliphatic rings. The third-order valence-electron chi connectivity index (χ3n) is 4.44. The lowest BCUT2D eigenvalue weighted by Crippen LogP contribution is -2.38. The molecule has 2 amide bonds. The quantitative estimate of drug-likeness (QED) is 0.906. The second kappa shape index (κ2) is 7.90. The molecule has 1 aromatic carbocycles. The molecule has 0 radical (unpaired) electrons. The van der Waals surface area contributed by atoms with Crippen molar-refractivity contribution in [3.05, 3.63) is 24.3 Å². The number of carbonyl (C=O) groups excluding carboxylic acids is 1. The zero-order chi connectivity index (χ0) is 16.8. The Bertz CT molecular complexity index is 675. The zero-order valence-electron chi connectivity index (χ0n) is 14.0. The van der Waals surface area contributed by atoms with Gasteiger partial charge in [-0.15, -0.1) is 5.10 Å². The smallest absolute Gasteiger partial charge is 0.319 e. The van der Waals surface area contributed by atoms with Gasteiger partial charge in [-0.2, -0.15) is 0 Å². The minimum absolute atomic E-state index is 0.145. The maximum atomic E-state index is 12.3. The number of tetrazole rings is 1. The summed E-state index contributed by atoms with van der Waals surface area (Å²) in [5.74, 6) is 0.666. The number of carbonyl (C=O) groups is 1. The maximum absolute atomic E-state index is 12.3. The summed E-state index contributed by atoms with van der Waals surface area (Å²) in [4.78, 5) is 12.3. The van der Waals surface area contributed by atoms with Gasteiger partial charge in [0.15, 0.2) is 5.82 Å². The van der Waals surface area contributed by atoms with Crippen LogP contribution in [0.2, 0.25) is 0 Å². The number of nitrogens with zero attached hydrogens (tertiary/aromatic N) is 4. The number of hydrogen-bond acceptors (Lipinski definition) is 4. The van der Waals surface area contributed by atoms with Crippen LogP contribution in [-0.2, 0) is 7.05 Å². The first kappa shape index (κ1) is 16.4. The van der Waals surface area contributed by atoms with Gasteiger partial charge in [-0.1, -0.05) is 44.2 Å². The lowest BCUT2D eigenvalue weighted by Gasteiger charge is -2.21. The van der Waals surface area contributed by atoms with E-state index in [4.69, 9.17) is 0 Å². The summed E-state index contributed by atoms with van der Waals surface area (Å²) in [6, 6.07) is 7.68. The molecule has 1 heterocycles. The second-order valence-corrected chi connectivity index (χ2v) is 6.35. The summed E-state index contributed by atoms with van der Waals surface area (Å²) in [5, 5.41) is 17.5. The van der Waals surface area contributed by atoms with Crippen LogP contribution in [0.5, 0.6) is 0 Å². The third kappa shape index (κ3) is 4.31. The predicted molar refractivity (Wildman–Crippen MR) is 92.5 cm³/mol. The van der Waals surface area contributed by atoms with Crippen molar-refractivity contribution in [3.8, 4) is 11.4 Å². The normalized spacial score (nSPS) is 16.2. The minimum atomic E-state index is -0.145. The van der Waals surface area contributed by atoms with Crippen molar-refractivity contribution in [2.75, 3.05) is 5.32 Å². The number of urea groups is 1. The van der Waals surface area contributed by atoms with Gasteiger partial charge < -0.3 is 10.6 Å². The Labute approximate surface area is 141 Å². The first-order valence-corrected chi connectivity index (χ1v) is 8.63. The molecule has 3 rings (SSSR count). The van der Waals surface area contributed by atoms with Crippen LogP contribution in [0.1, 0.15) is 44.9 Å². The molecule has 0 aliphatic heterocycles. The van der Waals surface area contributed by atoms with E-state index in [0.29, 0.717) is 5.82 Å². The van der Waals surface area contributed by atoms with Crippen molar-refractivity contribution >= 4 is 11.7 Å². The number of amides is 2. The minimum Gasteiger partial charge on any atom is -0.335 e. The first-order chi connectivity index (χ1) is 11.7. The zero-order valence-corrected chi connectivity index (χ0v) is 14.0. The van der Waals surface area contributed by atoms with Gasteiger partial charge in [0.05, 0.1) is 0 Å². The molecule has 1 fully saturated rings. The van der Waals surface area contributed by atoms with E-state index in [2.05, 4.69) is 26.2 Å². The number of anilines is 1. The molecule has 0 bridgehead atoms. The highest BCUT2D eigenvalue weighted by Crippen LogP contribution is 2.20. The SMILES string of the molecule is Cn1nnnc1-c1cccc(NC(=O)NC2CCCCCCC2)c1. The Morgan fingerprint density at radius 1 is 1.17 bits per heavy atom. The molecule has 2 aromatic rings. The predicted octanol–water partition coefficient (Wildman–Crippen LogP) is 3.11. The molecule has 0 atom stereocenters. The topological polar surface area (TPSA) is 84.7 Å². The number of rotatable bonds is 3. The van der Waals surface area contributed by atoms with Gasteiger partial charge in [0.25, 0.3) is 0 Å². The maximum Gasteiger partial charge on any atom is 0.319 e. The van der Waals surface area contributed by atoms with E-state index >= 15 is 0 Å². The van der Waals surface area contributed by atoms with E-state index in [-0.39, 0.29) is 12.1 Å². The summed E-state index contributed by atoms with van der Waals surface area (Å²) in [6.07, 6.45) is 8.39. The van der Waals surface area contributed by atoms with Crippen molar-refractivity contribution in [3.63, 3.8) is 0 Å². The van der Waals surface area contributed by atoms with Crippen molar-refractivity contribution in [2.24, 2.45) is 7.05 Å². The summed E-state index contributed by atoms with van der Waals surface area (Å²) >= 11 is 0. The van der Waals surface area contributed by atoms with E-state index < -0.39 is 0 Å². The lowest BCUT2D eigenvalue weighted by atomic mass is 9.97. The van der Waals surface area contributed by atoms with Gasteiger partial charge in [-0.25, -0.2) is 9.48 Å². The average molecular weight is 328 g/mol. The van der Waals surface area contributed by atoms with Crippen molar-refractivity contribution in [2.45, 2.75) is 51.0 Å². The van der Waals surface area contributed by atoms with Gasteiger partial charge in [0.1, 0.15) is 0 Å². The van der Waals surface area contributed by atoms with E-state index in [1.807, 2.05) is 24.3 Å². The van der Waals surface area contributed by atoms with Crippen LogP contribution in [0, 0.1) is 0 Å². The van der Waals surface area contributed by atoms with Crippen LogP contribution in [0.3, 0.4) is 0 Å².